The van der Waals surface area contributed by atoms with Crippen molar-refractivity contribution in [2.24, 2.45) is 0 Å². The van der Waals surface area contributed by atoms with E-state index in [1.165, 1.54) is 51.8 Å². The molecule has 1 aromatic carbocycles. The highest BCUT2D eigenvalue weighted by molar-refractivity contribution is 5.97. The molecule has 0 fully saturated rings. The molecule has 3 rings (SSSR count). The molecule has 2 aromatic rings. The highest BCUT2D eigenvalue weighted by atomic mass is 14.9. The van der Waals surface area contributed by atoms with Crippen LogP contribution in [-0.4, -0.2) is 12.0 Å². The third-order valence-electron chi connectivity index (χ3n) is 3.83. The molecule has 0 spiro atoms. The van der Waals surface area contributed by atoms with Crippen molar-refractivity contribution in [1.82, 2.24) is 4.98 Å². The summed E-state index contributed by atoms with van der Waals surface area (Å²) in [4.78, 5) is 4.88. The van der Waals surface area contributed by atoms with Gasteiger partial charge in [-0.1, -0.05) is 12.1 Å². The molecule has 1 aliphatic rings. The number of nitrogens with one attached hydrogen (secondary N) is 1. The van der Waals surface area contributed by atoms with Crippen LogP contribution in [0.4, 0.5) is 5.69 Å². The number of hydrogen-bond donors (Lipinski definition) is 1. The SMILES string of the molecule is CNc1c2c(nc3c(C)ccc(C)c13)CCC2. The highest BCUT2D eigenvalue weighted by Gasteiger charge is 2.20. The molecule has 88 valence electrons. The molecular formula is C15H18N2. The second-order valence-electron chi connectivity index (χ2n) is 4.94. The summed E-state index contributed by atoms with van der Waals surface area (Å²) in [5.74, 6) is 0. The Morgan fingerprint density at radius 1 is 1.12 bits per heavy atom. The lowest BCUT2D eigenvalue weighted by atomic mass is 10.00. The van der Waals surface area contributed by atoms with Crippen LogP contribution < -0.4 is 5.32 Å². The molecule has 0 bridgehead atoms. The van der Waals surface area contributed by atoms with E-state index in [4.69, 9.17) is 4.98 Å². The van der Waals surface area contributed by atoms with Gasteiger partial charge in [0, 0.05) is 23.8 Å². The number of rotatable bonds is 1. The normalized spacial score (nSPS) is 14.1. The van der Waals surface area contributed by atoms with E-state index in [2.05, 4.69) is 31.3 Å². The van der Waals surface area contributed by atoms with Crippen LogP contribution in [-0.2, 0) is 12.8 Å². The number of hydrogen-bond acceptors (Lipinski definition) is 2. The van der Waals surface area contributed by atoms with Crippen LogP contribution in [0.15, 0.2) is 12.1 Å². The average Bonchev–Trinajstić information content (AvgIpc) is 2.79. The second kappa shape index (κ2) is 3.73. The summed E-state index contributed by atoms with van der Waals surface area (Å²) < 4.78 is 0. The third-order valence-corrected chi connectivity index (χ3v) is 3.83. The number of aryl methyl sites for hydroxylation is 3. The minimum atomic E-state index is 1.13. The van der Waals surface area contributed by atoms with Crippen molar-refractivity contribution in [1.29, 1.82) is 0 Å². The number of anilines is 1. The van der Waals surface area contributed by atoms with E-state index in [0.29, 0.717) is 0 Å². The van der Waals surface area contributed by atoms with Crippen LogP contribution in [0.1, 0.15) is 28.8 Å². The Bertz CT molecular complexity index is 600. The molecule has 0 saturated carbocycles. The fourth-order valence-electron chi connectivity index (χ4n) is 2.94. The fourth-order valence-corrected chi connectivity index (χ4v) is 2.94. The number of benzene rings is 1. The van der Waals surface area contributed by atoms with Crippen LogP contribution in [0.3, 0.4) is 0 Å². The molecule has 1 aromatic heterocycles. The van der Waals surface area contributed by atoms with Gasteiger partial charge in [-0.2, -0.15) is 0 Å². The van der Waals surface area contributed by atoms with Crippen LogP contribution in [0, 0.1) is 13.8 Å². The molecule has 2 nitrogen and oxygen atoms in total. The Hall–Kier alpha value is -1.57. The first-order valence-corrected chi connectivity index (χ1v) is 6.32. The van der Waals surface area contributed by atoms with E-state index in [-0.39, 0.29) is 0 Å². The van der Waals surface area contributed by atoms with Gasteiger partial charge in [-0.15, -0.1) is 0 Å². The lowest BCUT2D eigenvalue weighted by Crippen LogP contribution is -2.01. The zero-order chi connectivity index (χ0) is 12.0. The Balaban J connectivity index is 2.49. The van der Waals surface area contributed by atoms with Crippen LogP contribution in [0.2, 0.25) is 0 Å². The van der Waals surface area contributed by atoms with Gasteiger partial charge >= 0.3 is 0 Å². The molecule has 0 unspecified atom stereocenters. The molecule has 0 amide bonds. The van der Waals surface area contributed by atoms with Gasteiger partial charge in [-0.05, 0) is 49.8 Å². The fraction of sp³-hybridized carbons (Fsp3) is 0.400. The number of aromatic nitrogens is 1. The van der Waals surface area contributed by atoms with Gasteiger partial charge in [-0.25, -0.2) is 0 Å². The Kier molecular flexibility index (Phi) is 2.32. The molecule has 1 aliphatic carbocycles. The smallest absolute Gasteiger partial charge is 0.0758 e. The topological polar surface area (TPSA) is 24.9 Å². The summed E-state index contributed by atoms with van der Waals surface area (Å²) in [6.07, 6.45) is 3.54. The zero-order valence-corrected chi connectivity index (χ0v) is 10.7. The maximum atomic E-state index is 4.88. The second-order valence-corrected chi connectivity index (χ2v) is 4.94. The molecular weight excluding hydrogens is 208 g/mol. The van der Waals surface area contributed by atoms with Crippen molar-refractivity contribution in [3.63, 3.8) is 0 Å². The van der Waals surface area contributed by atoms with Crippen LogP contribution >= 0.6 is 0 Å². The molecule has 0 atom stereocenters. The number of pyridine rings is 1. The summed E-state index contributed by atoms with van der Waals surface area (Å²) in [7, 11) is 2.02. The largest absolute Gasteiger partial charge is 0.387 e. The van der Waals surface area contributed by atoms with Crippen LogP contribution in [0.5, 0.6) is 0 Å². The summed E-state index contributed by atoms with van der Waals surface area (Å²) in [6, 6.07) is 4.37. The highest BCUT2D eigenvalue weighted by Crippen LogP contribution is 2.36. The first-order valence-electron chi connectivity index (χ1n) is 6.32. The minimum absolute atomic E-state index is 1.13. The summed E-state index contributed by atoms with van der Waals surface area (Å²) >= 11 is 0. The standard InChI is InChI=1S/C15H18N2/c1-9-7-8-10(2)14-13(9)15(16-3)11-5-4-6-12(11)17-14/h7-8H,4-6H2,1-3H3,(H,16,17). The molecule has 0 aliphatic heterocycles. The molecule has 0 radical (unpaired) electrons. The first kappa shape index (κ1) is 10.6. The van der Waals surface area contributed by atoms with Crippen molar-refractivity contribution in [3.05, 3.63) is 34.5 Å². The maximum absolute atomic E-state index is 4.88. The van der Waals surface area contributed by atoms with Gasteiger partial charge in [0.2, 0.25) is 0 Å². The van der Waals surface area contributed by atoms with E-state index in [1.54, 1.807) is 0 Å². The summed E-state index contributed by atoms with van der Waals surface area (Å²) in [5.41, 5.74) is 7.82. The van der Waals surface area contributed by atoms with E-state index >= 15 is 0 Å². The van der Waals surface area contributed by atoms with Crippen molar-refractivity contribution in [2.75, 3.05) is 12.4 Å². The quantitative estimate of drug-likeness (QED) is 0.806. The van der Waals surface area contributed by atoms with E-state index in [9.17, 15) is 0 Å². The van der Waals surface area contributed by atoms with E-state index in [1.807, 2.05) is 7.05 Å². The molecule has 2 heteroatoms. The van der Waals surface area contributed by atoms with Crippen molar-refractivity contribution in [2.45, 2.75) is 33.1 Å². The number of fused-ring (bicyclic) bond motifs is 2. The van der Waals surface area contributed by atoms with Gasteiger partial charge in [0.25, 0.3) is 0 Å². The van der Waals surface area contributed by atoms with Crippen molar-refractivity contribution >= 4 is 16.6 Å². The van der Waals surface area contributed by atoms with E-state index in [0.717, 1.165) is 6.42 Å². The van der Waals surface area contributed by atoms with Gasteiger partial charge in [-0.3, -0.25) is 4.98 Å². The lowest BCUT2D eigenvalue weighted by molar-refractivity contribution is 0.901. The summed E-state index contributed by atoms with van der Waals surface area (Å²) in [5, 5.41) is 4.71. The Morgan fingerprint density at radius 3 is 2.65 bits per heavy atom. The Labute approximate surface area is 102 Å². The van der Waals surface area contributed by atoms with Gasteiger partial charge < -0.3 is 5.32 Å². The summed E-state index contributed by atoms with van der Waals surface area (Å²) in [6.45, 7) is 4.32. The Morgan fingerprint density at radius 2 is 1.88 bits per heavy atom. The maximum Gasteiger partial charge on any atom is 0.0758 e. The van der Waals surface area contributed by atoms with Gasteiger partial charge in [0.15, 0.2) is 0 Å². The van der Waals surface area contributed by atoms with E-state index < -0.39 is 0 Å². The molecule has 17 heavy (non-hydrogen) atoms. The lowest BCUT2D eigenvalue weighted by Gasteiger charge is -2.15. The minimum Gasteiger partial charge on any atom is -0.387 e. The van der Waals surface area contributed by atoms with Crippen molar-refractivity contribution < 1.29 is 0 Å². The van der Waals surface area contributed by atoms with Gasteiger partial charge in [0.1, 0.15) is 0 Å². The third kappa shape index (κ3) is 1.43. The average molecular weight is 226 g/mol. The molecule has 0 saturated heterocycles. The monoisotopic (exact) mass is 226 g/mol. The number of nitrogens with zero attached hydrogens (tertiary/aromatic N) is 1. The first-order chi connectivity index (χ1) is 8.22. The predicted molar refractivity (Wildman–Crippen MR) is 72.8 cm³/mol. The molecule has 1 heterocycles. The zero-order valence-electron chi connectivity index (χ0n) is 10.7. The van der Waals surface area contributed by atoms with Gasteiger partial charge in [0.05, 0.1) is 5.52 Å². The van der Waals surface area contributed by atoms with Crippen LogP contribution in [0.25, 0.3) is 10.9 Å². The van der Waals surface area contributed by atoms with Crippen molar-refractivity contribution in [3.8, 4) is 0 Å². The predicted octanol–water partition coefficient (Wildman–Crippen LogP) is 3.38. The molecule has 1 N–H and O–H groups in total.